The number of rotatable bonds is 4. The summed E-state index contributed by atoms with van der Waals surface area (Å²) < 4.78 is 1.12. The molecule has 0 amide bonds. The summed E-state index contributed by atoms with van der Waals surface area (Å²) in [6.07, 6.45) is 0. The summed E-state index contributed by atoms with van der Waals surface area (Å²) >= 11 is 0. The van der Waals surface area contributed by atoms with Crippen molar-refractivity contribution >= 4 is 16.6 Å². The molecule has 3 rings (SSSR count). The normalized spacial score (nSPS) is 10.9. The maximum absolute atomic E-state index is 13.3. The van der Waals surface area contributed by atoms with Crippen molar-refractivity contribution in [1.82, 2.24) is 4.57 Å². The quantitative estimate of drug-likeness (QED) is 0.718. The first-order valence-corrected chi connectivity index (χ1v) is 8.75. The molecule has 0 saturated heterocycles. The lowest BCUT2D eigenvalue weighted by Gasteiger charge is -2.17. The Morgan fingerprint density at radius 3 is 2.52 bits per heavy atom. The third-order valence-corrected chi connectivity index (χ3v) is 4.61. The van der Waals surface area contributed by atoms with E-state index in [-0.39, 0.29) is 35.0 Å². The van der Waals surface area contributed by atoms with Gasteiger partial charge in [0.2, 0.25) is 5.88 Å². The van der Waals surface area contributed by atoms with E-state index in [9.17, 15) is 20.0 Å². The Morgan fingerprint density at radius 1 is 1.19 bits per heavy atom. The van der Waals surface area contributed by atoms with Gasteiger partial charge in [0.25, 0.3) is 5.56 Å². The molecule has 0 radical (unpaired) electrons. The van der Waals surface area contributed by atoms with Crippen molar-refractivity contribution in [3.05, 3.63) is 75.1 Å². The van der Waals surface area contributed by atoms with Crippen LogP contribution in [0.3, 0.4) is 0 Å². The summed E-state index contributed by atoms with van der Waals surface area (Å²) in [6.45, 7) is 5.53. The molecule has 3 aromatic rings. The SMILES string of the molecule is Cc1c(C(=O)c2cccc3ccccc23)c(O)n(CC(C)C)c(=O)c1C#N. The van der Waals surface area contributed by atoms with Gasteiger partial charge in [-0.1, -0.05) is 56.3 Å². The van der Waals surface area contributed by atoms with Crippen LogP contribution in [0, 0.1) is 24.2 Å². The van der Waals surface area contributed by atoms with E-state index in [2.05, 4.69) is 0 Å². The van der Waals surface area contributed by atoms with Gasteiger partial charge in [0.15, 0.2) is 5.78 Å². The van der Waals surface area contributed by atoms with E-state index >= 15 is 0 Å². The number of fused-ring (bicyclic) bond motifs is 1. The highest BCUT2D eigenvalue weighted by Crippen LogP contribution is 2.28. The molecule has 5 heteroatoms. The Hall–Kier alpha value is -3.39. The molecule has 0 atom stereocenters. The van der Waals surface area contributed by atoms with Crippen LogP contribution in [-0.2, 0) is 6.54 Å². The third kappa shape index (κ3) is 3.11. The minimum absolute atomic E-state index is 0.00292. The number of nitriles is 1. The highest BCUT2D eigenvalue weighted by Gasteiger charge is 2.26. The van der Waals surface area contributed by atoms with Crippen LogP contribution in [0.25, 0.3) is 10.8 Å². The fourth-order valence-corrected chi connectivity index (χ4v) is 3.32. The van der Waals surface area contributed by atoms with Gasteiger partial charge in [-0.2, -0.15) is 5.26 Å². The number of aromatic nitrogens is 1. The van der Waals surface area contributed by atoms with E-state index < -0.39 is 11.3 Å². The van der Waals surface area contributed by atoms with Crippen LogP contribution >= 0.6 is 0 Å². The van der Waals surface area contributed by atoms with Crippen LogP contribution in [0.15, 0.2) is 47.3 Å². The van der Waals surface area contributed by atoms with E-state index in [1.54, 1.807) is 12.1 Å². The summed E-state index contributed by atoms with van der Waals surface area (Å²) in [7, 11) is 0. The molecule has 0 aliphatic heterocycles. The van der Waals surface area contributed by atoms with E-state index in [1.807, 2.05) is 50.2 Å². The average Bonchev–Trinajstić information content (AvgIpc) is 2.65. The van der Waals surface area contributed by atoms with Gasteiger partial charge >= 0.3 is 0 Å². The van der Waals surface area contributed by atoms with Gasteiger partial charge in [0, 0.05) is 12.1 Å². The first-order valence-electron chi connectivity index (χ1n) is 8.75. The molecule has 5 nitrogen and oxygen atoms in total. The van der Waals surface area contributed by atoms with Crippen LogP contribution in [0.1, 0.15) is 40.9 Å². The van der Waals surface area contributed by atoms with E-state index in [0.717, 1.165) is 15.3 Å². The molecule has 0 unspecified atom stereocenters. The number of hydrogen-bond acceptors (Lipinski definition) is 4. The van der Waals surface area contributed by atoms with Gasteiger partial charge in [-0.25, -0.2) is 0 Å². The third-order valence-electron chi connectivity index (χ3n) is 4.61. The van der Waals surface area contributed by atoms with Gasteiger partial charge in [0.05, 0.1) is 5.56 Å². The number of ketones is 1. The molecule has 1 aromatic heterocycles. The molecule has 2 aromatic carbocycles. The Kier molecular flexibility index (Phi) is 4.83. The highest BCUT2D eigenvalue weighted by atomic mass is 16.3. The lowest BCUT2D eigenvalue weighted by atomic mass is 9.93. The second kappa shape index (κ2) is 7.08. The molecule has 0 aliphatic carbocycles. The summed E-state index contributed by atoms with van der Waals surface area (Å²) in [4.78, 5) is 25.9. The summed E-state index contributed by atoms with van der Waals surface area (Å²) in [5, 5.41) is 21.9. The van der Waals surface area contributed by atoms with Gasteiger partial charge in [-0.05, 0) is 29.2 Å². The smallest absolute Gasteiger partial charge is 0.271 e. The van der Waals surface area contributed by atoms with E-state index in [1.165, 1.54) is 6.92 Å². The molecule has 136 valence electrons. The maximum atomic E-state index is 13.3. The second-order valence-corrected chi connectivity index (χ2v) is 6.98. The molecule has 1 N–H and O–H groups in total. The zero-order chi connectivity index (χ0) is 19.7. The average molecular weight is 360 g/mol. The number of carbonyl (C=O) groups excluding carboxylic acids is 1. The number of pyridine rings is 1. The van der Waals surface area contributed by atoms with Crippen molar-refractivity contribution < 1.29 is 9.90 Å². The standard InChI is InChI=1S/C22H20N2O3/c1-13(2)12-24-21(26)18(11-23)14(3)19(22(24)27)20(25)17-10-6-8-15-7-4-5-9-16(15)17/h4-10,13,27H,12H2,1-3H3. The fraction of sp³-hybridized carbons (Fsp3) is 0.227. The molecule has 27 heavy (non-hydrogen) atoms. The molecular weight excluding hydrogens is 340 g/mol. The number of carbonyl (C=O) groups is 1. The number of benzene rings is 2. The lowest BCUT2D eigenvalue weighted by molar-refractivity contribution is 0.103. The van der Waals surface area contributed by atoms with Crippen LogP contribution in [0.2, 0.25) is 0 Å². The molecule has 0 aliphatic rings. The predicted molar refractivity (Wildman–Crippen MR) is 104 cm³/mol. The van der Waals surface area contributed by atoms with Crippen molar-refractivity contribution in [3.8, 4) is 11.9 Å². The number of aromatic hydroxyl groups is 1. The van der Waals surface area contributed by atoms with Crippen LogP contribution < -0.4 is 5.56 Å². The fourth-order valence-electron chi connectivity index (χ4n) is 3.32. The van der Waals surface area contributed by atoms with Crippen molar-refractivity contribution in [2.75, 3.05) is 0 Å². The van der Waals surface area contributed by atoms with Crippen molar-refractivity contribution in [2.45, 2.75) is 27.3 Å². The van der Waals surface area contributed by atoms with Crippen LogP contribution in [0.4, 0.5) is 0 Å². The van der Waals surface area contributed by atoms with Gasteiger partial charge < -0.3 is 5.11 Å². The lowest BCUT2D eigenvalue weighted by Crippen LogP contribution is -2.28. The van der Waals surface area contributed by atoms with Gasteiger partial charge in [-0.15, -0.1) is 0 Å². The van der Waals surface area contributed by atoms with E-state index in [0.29, 0.717) is 5.56 Å². The van der Waals surface area contributed by atoms with Crippen molar-refractivity contribution in [3.63, 3.8) is 0 Å². The monoisotopic (exact) mass is 360 g/mol. The molecule has 0 fully saturated rings. The van der Waals surface area contributed by atoms with Crippen LogP contribution in [0.5, 0.6) is 5.88 Å². The zero-order valence-corrected chi connectivity index (χ0v) is 15.5. The number of nitrogens with zero attached hydrogens (tertiary/aromatic N) is 2. The predicted octanol–water partition coefficient (Wildman–Crippen LogP) is 3.77. The Bertz CT molecular complexity index is 1150. The summed E-state index contributed by atoms with van der Waals surface area (Å²) in [6, 6.07) is 14.7. The Labute approximate surface area is 157 Å². The minimum atomic E-state index is -0.573. The van der Waals surface area contributed by atoms with Gasteiger partial charge in [0.1, 0.15) is 11.6 Å². The first kappa shape index (κ1) is 18.4. The second-order valence-electron chi connectivity index (χ2n) is 6.98. The molecule has 0 saturated carbocycles. The largest absolute Gasteiger partial charge is 0.494 e. The Morgan fingerprint density at radius 2 is 1.85 bits per heavy atom. The number of hydrogen-bond donors (Lipinski definition) is 1. The van der Waals surface area contributed by atoms with Gasteiger partial charge in [-0.3, -0.25) is 14.2 Å². The minimum Gasteiger partial charge on any atom is -0.494 e. The summed E-state index contributed by atoms with van der Waals surface area (Å²) in [5.41, 5.74) is -0.0565. The zero-order valence-electron chi connectivity index (χ0n) is 15.5. The molecule has 0 bridgehead atoms. The van der Waals surface area contributed by atoms with E-state index in [4.69, 9.17) is 0 Å². The topological polar surface area (TPSA) is 83.1 Å². The maximum Gasteiger partial charge on any atom is 0.271 e. The Balaban J connectivity index is 2.32. The molecule has 1 heterocycles. The molecular formula is C22H20N2O3. The van der Waals surface area contributed by atoms with Crippen LogP contribution in [-0.4, -0.2) is 15.5 Å². The van der Waals surface area contributed by atoms with Crippen molar-refractivity contribution in [1.29, 1.82) is 5.26 Å². The summed E-state index contributed by atoms with van der Waals surface area (Å²) in [5.74, 6) is -0.734. The molecule has 0 spiro atoms. The van der Waals surface area contributed by atoms with Crippen molar-refractivity contribution in [2.24, 2.45) is 5.92 Å². The first-order chi connectivity index (χ1) is 12.9. The highest BCUT2D eigenvalue weighted by molar-refractivity contribution is 6.18.